The van der Waals surface area contributed by atoms with Gasteiger partial charge in [-0.1, -0.05) is 23.7 Å². The summed E-state index contributed by atoms with van der Waals surface area (Å²) >= 11 is 5.84. The zero-order chi connectivity index (χ0) is 13.8. The molecule has 1 saturated heterocycles. The lowest BCUT2D eigenvalue weighted by Gasteiger charge is -2.35. The van der Waals surface area contributed by atoms with Gasteiger partial charge in [-0.3, -0.25) is 4.90 Å². The van der Waals surface area contributed by atoms with E-state index in [0.717, 1.165) is 31.6 Å². The molecule has 0 aromatic heterocycles. The molecule has 1 aliphatic rings. The number of hydrogen-bond donors (Lipinski definition) is 1. The van der Waals surface area contributed by atoms with Crippen LogP contribution < -0.4 is 0 Å². The number of hydrogen-bond acceptors (Lipinski definition) is 3. The molecule has 1 heterocycles. The van der Waals surface area contributed by atoms with Gasteiger partial charge in [0.15, 0.2) is 0 Å². The van der Waals surface area contributed by atoms with Gasteiger partial charge in [0.2, 0.25) is 0 Å². The Morgan fingerprint density at radius 2 is 1.84 bits per heavy atom. The number of aliphatic hydroxyl groups excluding tert-OH is 1. The minimum atomic E-state index is -0.425. The molecule has 3 nitrogen and oxygen atoms in total. The van der Waals surface area contributed by atoms with Crippen LogP contribution in [0.2, 0.25) is 5.02 Å². The molecule has 19 heavy (non-hydrogen) atoms. The summed E-state index contributed by atoms with van der Waals surface area (Å²) in [5.74, 6) is 0. The quantitative estimate of drug-likeness (QED) is 0.922. The first-order chi connectivity index (χ1) is 9.04. The lowest BCUT2D eigenvalue weighted by Crippen LogP contribution is -2.45. The fourth-order valence-corrected chi connectivity index (χ4v) is 2.75. The van der Waals surface area contributed by atoms with E-state index in [0.29, 0.717) is 5.02 Å². The first kappa shape index (κ1) is 14.8. The van der Waals surface area contributed by atoms with Crippen molar-refractivity contribution in [2.75, 3.05) is 19.6 Å². The lowest BCUT2D eigenvalue weighted by atomic mass is 10.1. The van der Waals surface area contributed by atoms with Crippen LogP contribution in [0.25, 0.3) is 0 Å². The standard InChI is InChI=1S/C15H22ClNO2/c1-11-9-17(10-12(2)19-11)8-7-15(18)13-3-5-14(16)6-4-13/h3-6,11-12,15,18H,7-10H2,1-2H3. The third-order valence-electron chi connectivity index (χ3n) is 3.47. The van der Waals surface area contributed by atoms with Gasteiger partial charge in [0.25, 0.3) is 0 Å². The average Bonchev–Trinajstić information content (AvgIpc) is 2.36. The van der Waals surface area contributed by atoms with Gasteiger partial charge in [-0.05, 0) is 38.0 Å². The van der Waals surface area contributed by atoms with Crippen molar-refractivity contribution in [2.45, 2.75) is 38.6 Å². The Balaban J connectivity index is 1.83. The van der Waals surface area contributed by atoms with E-state index < -0.39 is 6.10 Å². The van der Waals surface area contributed by atoms with Crippen LogP contribution in [-0.4, -0.2) is 41.8 Å². The minimum absolute atomic E-state index is 0.274. The SMILES string of the molecule is CC1CN(CCC(O)c2ccc(Cl)cc2)CC(C)O1. The molecular weight excluding hydrogens is 262 g/mol. The maximum atomic E-state index is 10.2. The molecule has 1 fully saturated rings. The topological polar surface area (TPSA) is 32.7 Å². The van der Waals surface area contributed by atoms with Crippen LogP contribution in [0.5, 0.6) is 0 Å². The van der Waals surface area contributed by atoms with Crippen LogP contribution in [-0.2, 0) is 4.74 Å². The van der Waals surface area contributed by atoms with Gasteiger partial charge >= 0.3 is 0 Å². The second-order valence-corrected chi connectivity index (χ2v) is 5.81. The molecular formula is C15H22ClNO2. The second-order valence-electron chi connectivity index (χ2n) is 5.37. The smallest absolute Gasteiger partial charge is 0.0802 e. The molecule has 2 rings (SSSR count). The zero-order valence-electron chi connectivity index (χ0n) is 11.6. The lowest BCUT2D eigenvalue weighted by molar-refractivity contribution is -0.0702. The van der Waals surface area contributed by atoms with Crippen LogP contribution in [0, 0.1) is 0 Å². The summed E-state index contributed by atoms with van der Waals surface area (Å²) in [5, 5.41) is 10.9. The molecule has 106 valence electrons. The molecule has 0 aliphatic carbocycles. The van der Waals surface area contributed by atoms with Gasteiger partial charge in [-0.25, -0.2) is 0 Å². The van der Waals surface area contributed by atoms with Crippen molar-refractivity contribution in [2.24, 2.45) is 0 Å². The molecule has 3 atom stereocenters. The molecule has 0 spiro atoms. The Labute approximate surface area is 120 Å². The molecule has 1 N–H and O–H groups in total. The second kappa shape index (κ2) is 6.71. The molecule has 0 radical (unpaired) electrons. The van der Waals surface area contributed by atoms with Crippen molar-refractivity contribution >= 4 is 11.6 Å². The van der Waals surface area contributed by atoms with E-state index in [9.17, 15) is 5.11 Å². The van der Waals surface area contributed by atoms with Crippen LogP contribution >= 0.6 is 11.6 Å². The number of nitrogens with zero attached hydrogens (tertiary/aromatic N) is 1. The molecule has 1 aliphatic heterocycles. The van der Waals surface area contributed by atoms with E-state index in [2.05, 4.69) is 18.7 Å². The van der Waals surface area contributed by atoms with E-state index in [1.807, 2.05) is 24.3 Å². The number of halogens is 1. The molecule has 0 bridgehead atoms. The molecule has 0 saturated carbocycles. The predicted molar refractivity (Wildman–Crippen MR) is 77.5 cm³/mol. The highest BCUT2D eigenvalue weighted by Gasteiger charge is 2.22. The monoisotopic (exact) mass is 283 g/mol. The predicted octanol–water partition coefficient (Wildman–Crippen LogP) is 2.87. The maximum absolute atomic E-state index is 10.2. The van der Waals surface area contributed by atoms with Crippen LogP contribution in [0.1, 0.15) is 31.9 Å². The Bertz CT molecular complexity index is 386. The largest absolute Gasteiger partial charge is 0.388 e. The van der Waals surface area contributed by atoms with Gasteiger partial charge in [0, 0.05) is 24.7 Å². The van der Waals surface area contributed by atoms with Crippen molar-refractivity contribution in [1.82, 2.24) is 4.90 Å². The highest BCUT2D eigenvalue weighted by Crippen LogP contribution is 2.20. The molecule has 0 amide bonds. The fourth-order valence-electron chi connectivity index (χ4n) is 2.62. The summed E-state index contributed by atoms with van der Waals surface area (Å²) in [7, 11) is 0. The first-order valence-corrected chi connectivity index (χ1v) is 7.23. The summed E-state index contributed by atoms with van der Waals surface area (Å²) in [6.45, 7) is 6.97. The molecule has 1 aromatic carbocycles. The Morgan fingerprint density at radius 3 is 2.42 bits per heavy atom. The minimum Gasteiger partial charge on any atom is -0.388 e. The van der Waals surface area contributed by atoms with Crippen LogP contribution in [0.4, 0.5) is 0 Å². The third kappa shape index (κ3) is 4.46. The summed E-state index contributed by atoms with van der Waals surface area (Å²) in [6, 6.07) is 7.41. The van der Waals surface area contributed by atoms with E-state index in [-0.39, 0.29) is 12.2 Å². The van der Waals surface area contributed by atoms with Gasteiger partial charge < -0.3 is 9.84 Å². The average molecular weight is 284 g/mol. The third-order valence-corrected chi connectivity index (χ3v) is 3.72. The molecule has 3 unspecified atom stereocenters. The Hall–Kier alpha value is -0.610. The summed E-state index contributed by atoms with van der Waals surface area (Å²) in [5.41, 5.74) is 0.929. The van der Waals surface area contributed by atoms with E-state index in [1.54, 1.807) is 0 Å². The number of rotatable bonds is 4. The zero-order valence-corrected chi connectivity index (χ0v) is 12.3. The number of ether oxygens (including phenoxy) is 1. The van der Waals surface area contributed by atoms with Crippen molar-refractivity contribution in [3.63, 3.8) is 0 Å². The summed E-state index contributed by atoms with van der Waals surface area (Å²) < 4.78 is 5.70. The van der Waals surface area contributed by atoms with Crippen molar-refractivity contribution in [3.05, 3.63) is 34.9 Å². The van der Waals surface area contributed by atoms with Crippen molar-refractivity contribution in [3.8, 4) is 0 Å². The molecule has 1 aromatic rings. The van der Waals surface area contributed by atoms with E-state index in [4.69, 9.17) is 16.3 Å². The Morgan fingerprint density at radius 1 is 1.26 bits per heavy atom. The van der Waals surface area contributed by atoms with Gasteiger partial charge in [0.1, 0.15) is 0 Å². The highest BCUT2D eigenvalue weighted by atomic mass is 35.5. The summed E-state index contributed by atoms with van der Waals surface area (Å²) in [4.78, 5) is 2.36. The number of benzene rings is 1. The van der Waals surface area contributed by atoms with Crippen LogP contribution in [0.3, 0.4) is 0 Å². The maximum Gasteiger partial charge on any atom is 0.0802 e. The normalized spacial score (nSPS) is 26.3. The Kier molecular flexibility index (Phi) is 5.22. The van der Waals surface area contributed by atoms with Gasteiger partial charge in [0.05, 0.1) is 18.3 Å². The van der Waals surface area contributed by atoms with Crippen molar-refractivity contribution < 1.29 is 9.84 Å². The summed E-state index contributed by atoms with van der Waals surface area (Å²) in [6.07, 6.45) is 0.861. The van der Waals surface area contributed by atoms with E-state index in [1.165, 1.54) is 0 Å². The first-order valence-electron chi connectivity index (χ1n) is 6.86. The highest BCUT2D eigenvalue weighted by molar-refractivity contribution is 6.30. The van der Waals surface area contributed by atoms with E-state index >= 15 is 0 Å². The van der Waals surface area contributed by atoms with Gasteiger partial charge in [-0.15, -0.1) is 0 Å². The van der Waals surface area contributed by atoms with Gasteiger partial charge in [-0.2, -0.15) is 0 Å². The molecule has 4 heteroatoms. The number of morpholine rings is 1. The fraction of sp³-hybridized carbons (Fsp3) is 0.600. The van der Waals surface area contributed by atoms with Crippen LogP contribution in [0.15, 0.2) is 24.3 Å². The number of aliphatic hydroxyl groups is 1. The van der Waals surface area contributed by atoms with Crippen molar-refractivity contribution in [1.29, 1.82) is 0 Å².